The lowest BCUT2D eigenvalue weighted by Gasteiger charge is -2.28. The van der Waals surface area contributed by atoms with Gasteiger partial charge < -0.3 is 10.2 Å². The van der Waals surface area contributed by atoms with Gasteiger partial charge in [-0.25, -0.2) is 0 Å². The molecule has 2 aliphatic carbocycles. The SMILES string of the molecule is C1CC2(CCN(CC3CC4CCC3C4)C2)CN1.Cl. The molecule has 0 aromatic heterocycles. The van der Waals surface area contributed by atoms with Gasteiger partial charge in [-0.1, -0.05) is 6.42 Å². The third-order valence-electron chi connectivity index (χ3n) is 6.23. The summed E-state index contributed by atoms with van der Waals surface area (Å²) in [6.07, 6.45) is 9.13. The van der Waals surface area contributed by atoms with E-state index in [4.69, 9.17) is 0 Å². The fraction of sp³-hybridized carbons (Fsp3) is 1.00. The highest BCUT2D eigenvalue weighted by Crippen LogP contribution is 2.49. The summed E-state index contributed by atoms with van der Waals surface area (Å²) < 4.78 is 0. The van der Waals surface area contributed by atoms with Crippen molar-refractivity contribution in [2.24, 2.45) is 23.2 Å². The van der Waals surface area contributed by atoms with E-state index in [2.05, 4.69) is 10.2 Å². The van der Waals surface area contributed by atoms with Crippen molar-refractivity contribution in [2.45, 2.75) is 38.5 Å². The monoisotopic (exact) mass is 270 g/mol. The number of fused-ring (bicyclic) bond motifs is 2. The van der Waals surface area contributed by atoms with Gasteiger partial charge in [-0.3, -0.25) is 0 Å². The summed E-state index contributed by atoms with van der Waals surface area (Å²) in [6, 6.07) is 0. The maximum atomic E-state index is 3.57. The molecule has 2 aliphatic heterocycles. The summed E-state index contributed by atoms with van der Waals surface area (Å²) in [4.78, 5) is 2.80. The van der Waals surface area contributed by atoms with E-state index >= 15 is 0 Å². The molecule has 4 unspecified atom stereocenters. The van der Waals surface area contributed by atoms with Crippen LogP contribution in [0.1, 0.15) is 38.5 Å². The zero-order valence-corrected chi connectivity index (χ0v) is 12.2. The van der Waals surface area contributed by atoms with E-state index in [0.29, 0.717) is 5.41 Å². The van der Waals surface area contributed by atoms with Crippen LogP contribution in [0, 0.1) is 23.2 Å². The lowest BCUT2D eigenvalue weighted by Crippen LogP contribution is -2.33. The highest BCUT2D eigenvalue weighted by atomic mass is 35.5. The van der Waals surface area contributed by atoms with Crippen LogP contribution < -0.4 is 5.32 Å². The fourth-order valence-electron chi connectivity index (χ4n) is 5.26. The Hall–Kier alpha value is 0.210. The molecule has 4 rings (SSSR count). The minimum atomic E-state index is 0. The Morgan fingerprint density at radius 2 is 2.11 bits per heavy atom. The molecular formula is C15H27ClN2. The number of hydrogen-bond acceptors (Lipinski definition) is 2. The number of nitrogens with zero attached hydrogens (tertiary/aromatic N) is 1. The topological polar surface area (TPSA) is 15.3 Å². The largest absolute Gasteiger partial charge is 0.316 e. The van der Waals surface area contributed by atoms with Crippen LogP contribution in [0.25, 0.3) is 0 Å². The minimum absolute atomic E-state index is 0. The molecule has 4 atom stereocenters. The first-order chi connectivity index (χ1) is 8.33. The van der Waals surface area contributed by atoms with Gasteiger partial charge in [0.25, 0.3) is 0 Å². The highest BCUT2D eigenvalue weighted by Gasteiger charge is 2.44. The Morgan fingerprint density at radius 3 is 2.78 bits per heavy atom. The quantitative estimate of drug-likeness (QED) is 0.830. The first-order valence-electron chi connectivity index (χ1n) is 7.76. The second-order valence-corrected chi connectivity index (χ2v) is 7.35. The second-order valence-electron chi connectivity index (χ2n) is 7.35. The molecule has 1 spiro atoms. The first-order valence-corrected chi connectivity index (χ1v) is 7.76. The van der Waals surface area contributed by atoms with Gasteiger partial charge in [0.15, 0.2) is 0 Å². The average molecular weight is 271 g/mol. The summed E-state index contributed by atoms with van der Waals surface area (Å²) in [5.74, 6) is 3.30. The zero-order chi connectivity index (χ0) is 11.3. The van der Waals surface area contributed by atoms with Crippen LogP contribution in [0.15, 0.2) is 0 Å². The van der Waals surface area contributed by atoms with Crippen molar-refractivity contribution < 1.29 is 0 Å². The molecule has 3 heteroatoms. The third-order valence-corrected chi connectivity index (χ3v) is 6.23. The van der Waals surface area contributed by atoms with E-state index in [-0.39, 0.29) is 12.4 Å². The maximum absolute atomic E-state index is 3.57. The molecule has 1 N–H and O–H groups in total. The van der Waals surface area contributed by atoms with Crippen LogP contribution in [-0.2, 0) is 0 Å². The zero-order valence-electron chi connectivity index (χ0n) is 11.4. The van der Waals surface area contributed by atoms with Gasteiger partial charge in [-0.15, -0.1) is 12.4 Å². The Labute approximate surface area is 117 Å². The van der Waals surface area contributed by atoms with Gasteiger partial charge in [-0.05, 0) is 68.4 Å². The molecule has 2 bridgehead atoms. The van der Waals surface area contributed by atoms with Crippen molar-refractivity contribution in [2.75, 3.05) is 32.7 Å². The van der Waals surface area contributed by atoms with E-state index in [1.54, 1.807) is 25.7 Å². The van der Waals surface area contributed by atoms with Crippen LogP contribution in [0.4, 0.5) is 0 Å². The van der Waals surface area contributed by atoms with E-state index in [1.165, 1.54) is 45.6 Å². The fourth-order valence-corrected chi connectivity index (χ4v) is 5.26. The number of halogens is 1. The summed E-state index contributed by atoms with van der Waals surface area (Å²) in [5, 5.41) is 3.57. The van der Waals surface area contributed by atoms with Crippen molar-refractivity contribution in [3.63, 3.8) is 0 Å². The van der Waals surface area contributed by atoms with Gasteiger partial charge in [0.2, 0.25) is 0 Å². The molecule has 2 saturated carbocycles. The molecule has 0 aromatic rings. The molecule has 0 radical (unpaired) electrons. The Balaban J connectivity index is 0.000001000. The number of rotatable bonds is 2. The Kier molecular flexibility index (Phi) is 3.64. The van der Waals surface area contributed by atoms with Crippen molar-refractivity contribution in [3.8, 4) is 0 Å². The van der Waals surface area contributed by atoms with Crippen LogP contribution in [0.5, 0.6) is 0 Å². The van der Waals surface area contributed by atoms with Gasteiger partial charge in [0.05, 0.1) is 0 Å². The molecule has 18 heavy (non-hydrogen) atoms. The van der Waals surface area contributed by atoms with E-state index in [0.717, 1.165) is 17.8 Å². The van der Waals surface area contributed by atoms with Gasteiger partial charge >= 0.3 is 0 Å². The molecule has 2 heterocycles. The van der Waals surface area contributed by atoms with Gasteiger partial charge in [0.1, 0.15) is 0 Å². The van der Waals surface area contributed by atoms with Crippen LogP contribution >= 0.6 is 12.4 Å². The number of nitrogens with one attached hydrogen (secondary N) is 1. The molecule has 0 aromatic carbocycles. The van der Waals surface area contributed by atoms with Crippen LogP contribution in [0.3, 0.4) is 0 Å². The first kappa shape index (κ1) is 13.2. The van der Waals surface area contributed by atoms with Crippen molar-refractivity contribution >= 4 is 12.4 Å². The predicted octanol–water partition coefficient (Wildman–Crippen LogP) is 2.53. The van der Waals surface area contributed by atoms with Crippen molar-refractivity contribution in [3.05, 3.63) is 0 Å². The molecular weight excluding hydrogens is 244 g/mol. The second kappa shape index (κ2) is 4.96. The van der Waals surface area contributed by atoms with E-state index < -0.39 is 0 Å². The Morgan fingerprint density at radius 1 is 1.17 bits per heavy atom. The summed E-state index contributed by atoms with van der Waals surface area (Å²) in [7, 11) is 0. The highest BCUT2D eigenvalue weighted by molar-refractivity contribution is 5.85. The number of likely N-dealkylation sites (tertiary alicyclic amines) is 1. The summed E-state index contributed by atoms with van der Waals surface area (Å²) in [5.41, 5.74) is 0.678. The van der Waals surface area contributed by atoms with Crippen molar-refractivity contribution in [1.82, 2.24) is 10.2 Å². The predicted molar refractivity (Wildman–Crippen MR) is 77.2 cm³/mol. The van der Waals surface area contributed by atoms with Crippen molar-refractivity contribution in [1.29, 1.82) is 0 Å². The molecule has 104 valence electrons. The minimum Gasteiger partial charge on any atom is -0.316 e. The van der Waals surface area contributed by atoms with Gasteiger partial charge in [0, 0.05) is 19.6 Å². The van der Waals surface area contributed by atoms with E-state index in [9.17, 15) is 0 Å². The average Bonchev–Trinajstić information content (AvgIpc) is 3.07. The molecule has 2 saturated heterocycles. The van der Waals surface area contributed by atoms with E-state index in [1.807, 2.05) is 0 Å². The molecule has 4 aliphatic rings. The smallest absolute Gasteiger partial charge is 0.00512 e. The Bertz CT molecular complexity index is 301. The van der Waals surface area contributed by atoms with Crippen LogP contribution in [0.2, 0.25) is 0 Å². The summed E-state index contributed by atoms with van der Waals surface area (Å²) >= 11 is 0. The molecule has 0 amide bonds. The third kappa shape index (κ3) is 2.21. The maximum Gasteiger partial charge on any atom is 0.00512 e. The lowest BCUT2D eigenvalue weighted by molar-refractivity contribution is 0.200. The summed E-state index contributed by atoms with van der Waals surface area (Å²) in [6.45, 7) is 6.77. The normalized spacial score (nSPS) is 47.0. The molecule has 4 fully saturated rings. The number of hydrogen-bond donors (Lipinski definition) is 1. The lowest BCUT2D eigenvalue weighted by atomic mass is 9.86. The molecule has 2 nitrogen and oxygen atoms in total. The standard InChI is InChI=1S/C15H26N2.ClH/c1-2-13-7-12(1)8-14(13)9-17-6-4-15(11-17)3-5-16-10-15;/h12-14,16H,1-11H2;1H. The van der Waals surface area contributed by atoms with Crippen LogP contribution in [-0.4, -0.2) is 37.6 Å². The van der Waals surface area contributed by atoms with Gasteiger partial charge in [-0.2, -0.15) is 0 Å².